The zero-order chi connectivity index (χ0) is 16.4. The lowest BCUT2D eigenvalue weighted by Gasteiger charge is -2.05. The summed E-state index contributed by atoms with van der Waals surface area (Å²) in [5.41, 5.74) is 1.12. The fourth-order valence-corrected chi connectivity index (χ4v) is 3.96. The number of hydrogen-bond acceptors (Lipinski definition) is 6. The number of fused-ring (bicyclic) bond motifs is 1. The van der Waals surface area contributed by atoms with E-state index in [0.29, 0.717) is 0 Å². The molecule has 0 spiro atoms. The maximum absolute atomic E-state index is 13.5. The van der Waals surface area contributed by atoms with E-state index in [2.05, 4.69) is 9.97 Å². The molecule has 0 unspecified atom stereocenters. The van der Waals surface area contributed by atoms with Crippen molar-refractivity contribution in [1.82, 2.24) is 9.97 Å². The molecular formula is C16H13FN2O2S2. The van der Waals surface area contributed by atoms with Crippen molar-refractivity contribution in [2.24, 2.45) is 0 Å². The zero-order valence-electron chi connectivity index (χ0n) is 12.5. The largest absolute Gasteiger partial charge is 0.423 e. The zero-order valence-corrected chi connectivity index (χ0v) is 14.1. The number of aromatic nitrogens is 2. The van der Waals surface area contributed by atoms with Gasteiger partial charge < -0.3 is 4.74 Å². The Hall–Kier alpha value is -1.99. The minimum atomic E-state index is -0.556. The number of para-hydroxylation sites is 1. The highest BCUT2D eigenvalue weighted by Gasteiger charge is 2.15. The summed E-state index contributed by atoms with van der Waals surface area (Å²) in [5, 5.41) is 1.71. The molecule has 0 saturated carbocycles. The van der Waals surface area contributed by atoms with Gasteiger partial charge in [0.15, 0.2) is 11.6 Å². The van der Waals surface area contributed by atoms with E-state index >= 15 is 0 Å². The highest BCUT2D eigenvalue weighted by Crippen LogP contribution is 2.34. The predicted molar refractivity (Wildman–Crippen MR) is 89.6 cm³/mol. The average Bonchev–Trinajstić information content (AvgIpc) is 2.83. The Kier molecular flexibility index (Phi) is 4.58. The third-order valence-electron chi connectivity index (χ3n) is 3.32. The molecule has 0 aliphatic rings. The molecule has 2 heterocycles. The van der Waals surface area contributed by atoms with Crippen LogP contribution in [0.2, 0.25) is 0 Å². The molecule has 0 radical (unpaired) electrons. The van der Waals surface area contributed by atoms with E-state index in [1.807, 2.05) is 13.8 Å². The molecule has 0 fully saturated rings. The van der Waals surface area contributed by atoms with E-state index in [0.717, 1.165) is 20.8 Å². The Morgan fingerprint density at radius 2 is 2.09 bits per heavy atom. The van der Waals surface area contributed by atoms with E-state index in [1.54, 1.807) is 23.5 Å². The minimum Gasteiger partial charge on any atom is -0.423 e. The number of benzene rings is 1. The van der Waals surface area contributed by atoms with Crippen molar-refractivity contribution in [3.8, 4) is 5.75 Å². The fourth-order valence-electron chi connectivity index (χ4n) is 2.07. The fraction of sp³-hybridized carbons (Fsp3) is 0.188. The monoisotopic (exact) mass is 348 g/mol. The van der Waals surface area contributed by atoms with Gasteiger partial charge in [-0.05, 0) is 31.5 Å². The number of aryl methyl sites for hydroxylation is 2. The van der Waals surface area contributed by atoms with Gasteiger partial charge in [0.1, 0.15) is 16.2 Å². The van der Waals surface area contributed by atoms with Gasteiger partial charge in [0.25, 0.3) is 0 Å². The lowest BCUT2D eigenvalue weighted by molar-refractivity contribution is -0.131. The molecule has 0 saturated heterocycles. The van der Waals surface area contributed by atoms with Crippen LogP contribution in [0.4, 0.5) is 4.39 Å². The van der Waals surface area contributed by atoms with E-state index < -0.39 is 11.8 Å². The summed E-state index contributed by atoms with van der Waals surface area (Å²) in [4.78, 5) is 22.5. The number of thioether (sulfide) groups is 1. The number of rotatable bonds is 4. The summed E-state index contributed by atoms with van der Waals surface area (Å²) in [6.07, 6.45) is 1.49. The van der Waals surface area contributed by atoms with Crippen LogP contribution in [0.1, 0.15) is 10.4 Å². The lowest BCUT2D eigenvalue weighted by atomic mass is 10.2. The van der Waals surface area contributed by atoms with E-state index in [9.17, 15) is 9.18 Å². The normalized spacial score (nSPS) is 10.9. The summed E-state index contributed by atoms with van der Waals surface area (Å²) >= 11 is 2.87. The number of carbonyl (C=O) groups excluding carboxylic acids is 1. The van der Waals surface area contributed by atoms with Crippen LogP contribution in [0.15, 0.2) is 35.6 Å². The molecule has 0 N–H and O–H groups in total. The standard InChI is InChI=1S/C16H13FN2O2S2/c1-9-10(2)23-16-14(9)15(18-8-19-16)22-7-13(20)21-12-6-4-3-5-11(12)17/h3-6,8H,7H2,1-2H3. The van der Waals surface area contributed by atoms with Crippen molar-refractivity contribution < 1.29 is 13.9 Å². The van der Waals surface area contributed by atoms with Crippen LogP contribution >= 0.6 is 23.1 Å². The summed E-state index contributed by atoms with van der Waals surface area (Å²) in [7, 11) is 0. The van der Waals surface area contributed by atoms with Crippen LogP contribution in [-0.2, 0) is 4.79 Å². The SMILES string of the molecule is Cc1sc2ncnc(SCC(=O)Oc3ccccc3F)c2c1C. The molecule has 7 heteroatoms. The van der Waals surface area contributed by atoms with Gasteiger partial charge in [0.2, 0.25) is 0 Å². The summed E-state index contributed by atoms with van der Waals surface area (Å²) in [6.45, 7) is 4.04. The molecule has 4 nitrogen and oxygen atoms in total. The van der Waals surface area contributed by atoms with Gasteiger partial charge in [-0.25, -0.2) is 14.4 Å². The predicted octanol–water partition coefficient (Wildman–Crippen LogP) is 4.14. The minimum absolute atomic E-state index is 0.0504. The Balaban J connectivity index is 1.74. The van der Waals surface area contributed by atoms with Gasteiger partial charge in [-0.2, -0.15) is 0 Å². The van der Waals surface area contributed by atoms with Crippen molar-refractivity contribution in [2.75, 3.05) is 5.75 Å². The lowest BCUT2D eigenvalue weighted by Crippen LogP contribution is -2.11. The Morgan fingerprint density at radius 3 is 2.87 bits per heavy atom. The first-order valence-electron chi connectivity index (χ1n) is 6.85. The van der Waals surface area contributed by atoms with Crippen molar-refractivity contribution >= 4 is 39.3 Å². The van der Waals surface area contributed by atoms with Crippen LogP contribution in [0.5, 0.6) is 5.75 Å². The first kappa shape index (κ1) is 15.9. The second kappa shape index (κ2) is 6.64. The molecule has 3 rings (SSSR count). The maximum atomic E-state index is 13.5. The molecule has 2 aromatic heterocycles. The molecule has 1 aromatic carbocycles. The highest BCUT2D eigenvalue weighted by molar-refractivity contribution is 8.00. The van der Waals surface area contributed by atoms with Crippen LogP contribution < -0.4 is 4.74 Å². The maximum Gasteiger partial charge on any atom is 0.321 e. The number of esters is 1. The topological polar surface area (TPSA) is 52.1 Å². The number of hydrogen-bond donors (Lipinski definition) is 0. The van der Waals surface area contributed by atoms with Gasteiger partial charge in [0.05, 0.1) is 5.75 Å². The van der Waals surface area contributed by atoms with Crippen molar-refractivity contribution in [1.29, 1.82) is 0 Å². The molecule has 3 aromatic rings. The van der Waals surface area contributed by atoms with E-state index in [-0.39, 0.29) is 11.5 Å². The number of thiophene rings is 1. The summed E-state index contributed by atoms with van der Waals surface area (Å²) < 4.78 is 18.5. The Labute approximate surface area is 140 Å². The smallest absolute Gasteiger partial charge is 0.321 e. The second-order valence-corrected chi connectivity index (χ2v) is 7.00. The van der Waals surface area contributed by atoms with Crippen LogP contribution in [0.3, 0.4) is 0 Å². The van der Waals surface area contributed by atoms with Gasteiger partial charge >= 0.3 is 5.97 Å². The quantitative estimate of drug-likeness (QED) is 0.307. The van der Waals surface area contributed by atoms with Gasteiger partial charge in [-0.15, -0.1) is 11.3 Å². The van der Waals surface area contributed by atoms with Crippen LogP contribution in [0, 0.1) is 19.7 Å². The van der Waals surface area contributed by atoms with Gasteiger partial charge in [-0.1, -0.05) is 23.9 Å². The van der Waals surface area contributed by atoms with E-state index in [1.165, 1.54) is 35.1 Å². The summed E-state index contributed by atoms with van der Waals surface area (Å²) in [6, 6.07) is 5.83. The average molecular weight is 348 g/mol. The van der Waals surface area contributed by atoms with Crippen molar-refractivity contribution in [2.45, 2.75) is 18.9 Å². The third kappa shape index (κ3) is 3.35. The second-order valence-electron chi connectivity index (χ2n) is 4.84. The number of halogens is 1. The van der Waals surface area contributed by atoms with E-state index in [4.69, 9.17) is 4.74 Å². The van der Waals surface area contributed by atoms with Gasteiger partial charge in [0, 0.05) is 10.3 Å². The molecule has 0 atom stereocenters. The van der Waals surface area contributed by atoms with Crippen LogP contribution in [0.25, 0.3) is 10.2 Å². The number of carbonyl (C=O) groups is 1. The molecule has 0 aliphatic carbocycles. The molecular weight excluding hydrogens is 335 g/mol. The first-order chi connectivity index (χ1) is 11.1. The number of nitrogens with zero attached hydrogens (tertiary/aromatic N) is 2. The van der Waals surface area contributed by atoms with Gasteiger partial charge in [-0.3, -0.25) is 4.79 Å². The molecule has 118 valence electrons. The van der Waals surface area contributed by atoms with Crippen molar-refractivity contribution in [3.05, 3.63) is 46.9 Å². The highest BCUT2D eigenvalue weighted by atomic mass is 32.2. The van der Waals surface area contributed by atoms with Crippen molar-refractivity contribution in [3.63, 3.8) is 0 Å². The number of ether oxygens (including phenoxy) is 1. The Morgan fingerprint density at radius 1 is 1.30 bits per heavy atom. The molecule has 0 aliphatic heterocycles. The summed E-state index contributed by atoms with van der Waals surface area (Å²) in [5.74, 6) is -1.08. The third-order valence-corrected chi connectivity index (χ3v) is 5.40. The molecule has 23 heavy (non-hydrogen) atoms. The molecule has 0 bridgehead atoms. The van der Waals surface area contributed by atoms with Crippen LogP contribution in [-0.4, -0.2) is 21.7 Å². The first-order valence-corrected chi connectivity index (χ1v) is 8.65. The molecule has 0 amide bonds. The Bertz CT molecular complexity index is 880.